The van der Waals surface area contributed by atoms with E-state index in [1.807, 2.05) is 0 Å². The molecule has 0 aromatic heterocycles. The van der Waals surface area contributed by atoms with Crippen LogP contribution in [0.3, 0.4) is 0 Å². The van der Waals surface area contributed by atoms with Gasteiger partial charge in [0.15, 0.2) is 0 Å². The quantitative estimate of drug-likeness (QED) is 0.254. The molecule has 37 heavy (non-hydrogen) atoms. The zero-order chi connectivity index (χ0) is 30.6. The van der Waals surface area contributed by atoms with Crippen molar-refractivity contribution in [2.75, 3.05) is 0 Å². The monoisotopic (exact) mass is 732 g/mol. The summed E-state index contributed by atoms with van der Waals surface area (Å²) in [6.45, 7) is 50.1. The van der Waals surface area contributed by atoms with Crippen molar-refractivity contribution in [3.63, 3.8) is 0 Å². The van der Waals surface area contributed by atoms with Gasteiger partial charge in [0, 0.05) is 8.80 Å². The van der Waals surface area contributed by atoms with E-state index in [9.17, 15) is 0 Å². The van der Waals surface area contributed by atoms with Crippen molar-refractivity contribution in [3.8, 4) is 0 Å². The molecule has 0 fully saturated rings. The number of hydrogen-bond acceptors (Lipinski definition) is 0. The summed E-state index contributed by atoms with van der Waals surface area (Å²) in [4.78, 5) is 0. The fourth-order valence-electron chi connectivity index (χ4n) is 7.50. The second-order valence-electron chi connectivity index (χ2n) is 16.1. The van der Waals surface area contributed by atoms with E-state index < -0.39 is 31.2 Å². The van der Waals surface area contributed by atoms with Gasteiger partial charge in [-0.15, -0.1) is 0 Å². The number of halogens is 2. The SMILES string of the molecule is CC(C)(C)[Si](C(C)(C)C)C(C)(C)C.CC(C)(C)[Si](C(C)(C)C)C(C)(C)C.CC[Si](CC)CC.[Cl][Ge][Cl].[GeH]. The fourth-order valence-corrected chi connectivity index (χ4v) is 22.5. The molecule has 0 aromatic rings. The van der Waals surface area contributed by atoms with Gasteiger partial charge in [-0.2, -0.15) is 0 Å². The summed E-state index contributed by atoms with van der Waals surface area (Å²) in [5.74, 6) is 0. The van der Waals surface area contributed by atoms with E-state index in [4.69, 9.17) is 20.0 Å². The molecule has 0 heterocycles. The van der Waals surface area contributed by atoms with Crippen molar-refractivity contribution < 1.29 is 0 Å². The first-order valence-corrected chi connectivity index (χ1v) is 24.7. The molecule has 224 valence electrons. The van der Waals surface area contributed by atoms with Crippen LogP contribution in [0.1, 0.15) is 145 Å². The van der Waals surface area contributed by atoms with Gasteiger partial charge in [-0.25, -0.2) is 0 Å². The minimum atomic E-state index is -0.556. The zero-order valence-corrected chi connectivity index (χ0v) is 38.5. The summed E-state index contributed by atoms with van der Waals surface area (Å²) in [6.07, 6.45) is 0. The maximum atomic E-state index is 4.89. The van der Waals surface area contributed by atoms with E-state index in [1.54, 1.807) is 0 Å². The molecule has 0 aliphatic carbocycles. The molecule has 0 rings (SSSR count). The predicted octanol–water partition coefficient (Wildman–Crippen LogP) is 12.7. The van der Waals surface area contributed by atoms with Crippen molar-refractivity contribution in [2.45, 2.75) is 194 Å². The second-order valence-corrected chi connectivity index (χ2v) is 33.5. The minimum absolute atomic E-state index is 0. The Hall–Kier alpha value is 2.32. The van der Waals surface area contributed by atoms with Gasteiger partial charge in [-0.05, 0) is 30.2 Å². The first-order valence-electron chi connectivity index (χ1n) is 14.1. The summed E-state index contributed by atoms with van der Waals surface area (Å²) in [5.41, 5.74) is 0. The van der Waals surface area contributed by atoms with Crippen LogP contribution in [-0.2, 0) is 0 Å². The van der Waals surface area contributed by atoms with Crippen LogP contribution in [0, 0.1) is 0 Å². The van der Waals surface area contributed by atoms with Crippen LogP contribution in [0.4, 0.5) is 0 Å². The third-order valence-electron chi connectivity index (χ3n) is 6.00. The molecular formula is C30H70Cl2Ge2Si3. The summed E-state index contributed by atoms with van der Waals surface area (Å²) in [7, 11) is 9.13. The van der Waals surface area contributed by atoms with Gasteiger partial charge in [0.05, 0.1) is 17.6 Å². The van der Waals surface area contributed by atoms with E-state index in [2.05, 4.69) is 145 Å². The summed E-state index contributed by atoms with van der Waals surface area (Å²) in [5, 5.41) is 2.92. The van der Waals surface area contributed by atoms with Crippen molar-refractivity contribution in [3.05, 3.63) is 0 Å². The Labute approximate surface area is 269 Å². The van der Waals surface area contributed by atoms with Crippen LogP contribution in [0.15, 0.2) is 0 Å². The molecule has 0 aromatic carbocycles. The molecule has 7 heteroatoms. The van der Waals surface area contributed by atoms with Gasteiger partial charge in [-0.1, -0.05) is 164 Å². The van der Waals surface area contributed by atoms with Crippen LogP contribution in [0.2, 0.25) is 48.4 Å². The third kappa shape index (κ3) is 25.7. The summed E-state index contributed by atoms with van der Waals surface area (Å²) < 4.78 is 0. The number of hydrogen-bond donors (Lipinski definition) is 0. The summed E-state index contributed by atoms with van der Waals surface area (Å²) in [6, 6.07) is 4.37. The summed E-state index contributed by atoms with van der Waals surface area (Å²) >= 11 is -0.556. The first kappa shape index (κ1) is 49.0. The van der Waals surface area contributed by atoms with E-state index in [1.165, 1.54) is 18.1 Å². The molecule has 0 amide bonds. The number of rotatable bonds is 3. The molecule has 0 aliphatic heterocycles. The van der Waals surface area contributed by atoms with E-state index in [-0.39, 0.29) is 26.4 Å². The van der Waals surface area contributed by atoms with Crippen LogP contribution in [-0.4, -0.2) is 57.6 Å². The predicted molar refractivity (Wildman–Crippen MR) is 192 cm³/mol. The van der Waals surface area contributed by atoms with Crippen LogP contribution in [0.5, 0.6) is 0 Å². The molecule has 0 spiro atoms. The van der Waals surface area contributed by atoms with E-state index in [0.29, 0.717) is 30.2 Å². The van der Waals surface area contributed by atoms with Gasteiger partial charge in [-0.3, -0.25) is 0 Å². The molecule has 0 bridgehead atoms. The standard InChI is InChI=1S/2C12H27Si.C6H15Si.Cl2Ge.GeH/c2*1-10(2,3)13(11(4,5)6)12(7,8)9;1-4-7(5-2)6-3;1-3-2;/h2*1-9H3;4-6H2,1-3H3;;1H. The molecule has 0 unspecified atom stereocenters. The molecule has 0 aliphatic rings. The van der Waals surface area contributed by atoms with Gasteiger partial charge in [0.2, 0.25) is 0 Å². The van der Waals surface area contributed by atoms with Crippen molar-refractivity contribution in [2.24, 2.45) is 0 Å². The van der Waals surface area contributed by atoms with E-state index in [0.717, 1.165) is 0 Å². The molecule has 8 radical (unpaired) electrons. The van der Waals surface area contributed by atoms with Gasteiger partial charge in [0.25, 0.3) is 0 Å². The second kappa shape index (κ2) is 20.3. The Morgan fingerprint density at radius 2 is 0.514 bits per heavy atom. The fraction of sp³-hybridized carbons (Fsp3) is 1.00. The molecule has 0 N–H and O–H groups in total. The van der Waals surface area contributed by atoms with Gasteiger partial charge < -0.3 is 0 Å². The zero-order valence-electron chi connectivity index (χ0n) is 29.5. The third-order valence-corrected chi connectivity index (χ3v) is 18.0. The van der Waals surface area contributed by atoms with Gasteiger partial charge >= 0.3 is 51.2 Å². The van der Waals surface area contributed by atoms with Crippen molar-refractivity contribution in [1.82, 2.24) is 0 Å². The molecule has 0 saturated heterocycles. The Morgan fingerprint density at radius 1 is 0.405 bits per heavy atom. The molecule has 0 atom stereocenters. The molecule has 0 saturated carbocycles. The van der Waals surface area contributed by atoms with Crippen molar-refractivity contribution >= 4 is 77.6 Å². The Balaban J connectivity index is -0.000000134. The molecular weight excluding hydrogens is 661 g/mol. The van der Waals surface area contributed by atoms with Crippen LogP contribution >= 0.6 is 20.0 Å². The van der Waals surface area contributed by atoms with Crippen LogP contribution < -0.4 is 0 Å². The normalized spacial score (nSPS) is 13.1. The van der Waals surface area contributed by atoms with Crippen LogP contribution in [0.25, 0.3) is 0 Å². The average molecular weight is 731 g/mol. The van der Waals surface area contributed by atoms with Gasteiger partial charge in [0.1, 0.15) is 0 Å². The van der Waals surface area contributed by atoms with E-state index >= 15 is 0 Å². The molecule has 0 nitrogen and oxygen atoms in total. The topological polar surface area (TPSA) is 0 Å². The Morgan fingerprint density at radius 3 is 0.514 bits per heavy atom. The Kier molecular flexibility index (Phi) is 26.8. The first-order chi connectivity index (χ1) is 15.5. The van der Waals surface area contributed by atoms with Crippen molar-refractivity contribution in [1.29, 1.82) is 0 Å². The Bertz CT molecular complexity index is 412. The maximum absolute atomic E-state index is 4.89. The average Bonchev–Trinajstić information content (AvgIpc) is 2.49.